The van der Waals surface area contributed by atoms with Crippen LogP contribution in [-0.2, 0) is 4.74 Å². The molecule has 1 aliphatic heterocycles. The maximum Gasteiger partial charge on any atom is 0.123 e. The van der Waals surface area contributed by atoms with E-state index in [0.717, 1.165) is 31.5 Å². The van der Waals surface area contributed by atoms with Gasteiger partial charge in [0.1, 0.15) is 5.82 Å². The number of ether oxygens (including phenoxy) is 1. The second-order valence-electron chi connectivity index (χ2n) is 4.74. The Hall–Kier alpha value is -0.970. The van der Waals surface area contributed by atoms with Crippen molar-refractivity contribution in [1.82, 2.24) is 5.32 Å². The van der Waals surface area contributed by atoms with Crippen molar-refractivity contribution in [2.75, 3.05) is 26.2 Å². The van der Waals surface area contributed by atoms with E-state index in [9.17, 15) is 4.39 Å². The quantitative estimate of drug-likeness (QED) is 0.840. The van der Waals surface area contributed by atoms with E-state index in [4.69, 9.17) is 10.5 Å². The molecule has 0 aromatic heterocycles. The first kappa shape index (κ1) is 13.5. The summed E-state index contributed by atoms with van der Waals surface area (Å²) >= 11 is 0. The molecule has 4 heteroatoms. The Morgan fingerprint density at radius 2 is 2.39 bits per heavy atom. The normalized spacial score (nSPS) is 21.8. The van der Waals surface area contributed by atoms with Crippen LogP contribution in [0.2, 0.25) is 0 Å². The zero-order valence-electron chi connectivity index (χ0n) is 10.6. The number of benzene rings is 1. The van der Waals surface area contributed by atoms with Crippen LogP contribution in [-0.4, -0.2) is 26.2 Å². The Bertz CT molecular complexity index is 367. The second-order valence-corrected chi connectivity index (χ2v) is 4.74. The van der Waals surface area contributed by atoms with Crippen molar-refractivity contribution in [3.05, 3.63) is 35.6 Å². The van der Waals surface area contributed by atoms with Gasteiger partial charge in [-0.15, -0.1) is 0 Å². The molecule has 100 valence electrons. The standard InChI is InChI=1S/C14H21FN2O/c15-13-5-1-3-11(9-13)14(18-8-6-16)12-4-2-7-17-10-12/h1,3,5,9,12,14,17H,2,4,6-8,10,16H2/t12?,14-/m0/s1. The Labute approximate surface area is 108 Å². The molecule has 0 bridgehead atoms. The van der Waals surface area contributed by atoms with Gasteiger partial charge in [0.2, 0.25) is 0 Å². The van der Waals surface area contributed by atoms with E-state index >= 15 is 0 Å². The number of nitrogens with two attached hydrogens (primary N) is 1. The Balaban J connectivity index is 2.12. The molecule has 0 aliphatic carbocycles. The third-order valence-corrected chi connectivity index (χ3v) is 3.36. The molecule has 1 aliphatic rings. The molecular formula is C14H21FN2O. The van der Waals surface area contributed by atoms with E-state index in [1.54, 1.807) is 12.1 Å². The van der Waals surface area contributed by atoms with E-state index in [1.807, 2.05) is 6.07 Å². The molecule has 1 aromatic carbocycles. The summed E-state index contributed by atoms with van der Waals surface area (Å²) in [5.41, 5.74) is 6.41. The fourth-order valence-corrected chi connectivity index (χ4v) is 2.52. The van der Waals surface area contributed by atoms with Crippen LogP contribution in [0.5, 0.6) is 0 Å². The van der Waals surface area contributed by atoms with Crippen LogP contribution >= 0.6 is 0 Å². The maximum atomic E-state index is 13.3. The minimum atomic E-state index is -0.211. The number of piperidine rings is 1. The minimum absolute atomic E-state index is 0.0583. The average molecular weight is 252 g/mol. The summed E-state index contributed by atoms with van der Waals surface area (Å²) in [6.45, 7) is 2.98. The zero-order chi connectivity index (χ0) is 12.8. The summed E-state index contributed by atoms with van der Waals surface area (Å²) in [5, 5.41) is 3.37. The lowest BCUT2D eigenvalue weighted by Crippen LogP contribution is -2.34. The van der Waals surface area contributed by atoms with Crippen molar-refractivity contribution in [3.8, 4) is 0 Å². The second kappa shape index (κ2) is 6.83. The Morgan fingerprint density at radius 1 is 1.50 bits per heavy atom. The molecule has 0 saturated carbocycles. The van der Waals surface area contributed by atoms with Crippen molar-refractivity contribution in [2.45, 2.75) is 18.9 Å². The molecule has 2 atom stereocenters. The monoisotopic (exact) mass is 252 g/mol. The van der Waals surface area contributed by atoms with Gasteiger partial charge in [0, 0.05) is 19.0 Å². The molecule has 0 radical (unpaired) electrons. The summed E-state index contributed by atoms with van der Waals surface area (Å²) in [7, 11) is 0. The van der Waals surface area contributed by atoms with E-state index in [1.165, 1.54) is 6.07 Å². The highest BCUT2D eigenvalue weighted by molar-refractivity contribution is 5.20. The van der Waals surface area contributed by atoms with Gasteiger partial charge in [-0.1, -0.05) is 12.1 Å². The first-order valence-electron chi connectivity index (χ1n) is 6.59. The average Bonchev–Trinajstić information content (AvgIpc) is 2.40. The molecule has 0 spiro atoms. The lowest BCUT2D eigenvalue weighted by molar-refractivity contribution is 0.00703. The highest BCUT2D eigenvalue weighted by Gasteiger charge is 2.25. The minimum Gasteiger partial charge on any atom is -0.372 e. The molecule has 1 fully saturated rings. The summed E-state index contributed by atoms with van der Waals surface area (Å²) < 4.78 is 19.2. The molecule has 1 heterocycles. The lowest BCUT2D eigenvalue weighted by Gasteiger charge is -2.31. The molecule has 1 aromatic rings. The number of hydrogen-bond donors (Lipinski definition) is 2. The third-order valence-electron chi connectivity index (χ3n) is 3.36. The van der Waals surface area contributed by atoms with Crippen LogP contribution in [0.1, 0.15) is 24.5 Å². The van der Waals surface area contributed by atoms with Crippen LogP contribution < -0.4 is 11.1 Å². The predicted octanol–water partition coefficient (Wildman–Crippen LogP) is 1.84. The molecular weight excluding hydrogens is 231 g/mol. The Kier molecular flexibility index (Phi) is 5.11. The number of hydrogen-bond acceptors (Lipinski definition) is 3. The zero-order valence-corrected chi connectivity index (χ0v) is 10.6. The van der Waals surface area contributed by atoms with Crippen molar-refractivity contribution < 1.29 is 9.13 Å². The van der Waals surface area contributed by atoms with Gasteiger partial charge < -0.3 is 15.8 Å². The van der Waals surface area contributed by atoms with E-state index in [0.29, 0.717) is 19.1 Å². The van der Waals surface area contributed by atoms with Crippen LogP contribution in [0.15, 0.2) is 24.3 Å². The summed E-state index contributed by atoms with van der Waals surface area (Å²) in [6.07, 6.45) is 2.19. The maximum absolute atomic E-state index is 13.3. The number of halogens is 1. The summed E-state index contributed by atoms with van der Waals surface area (Å²) in [5.74, 6) is 0.185. The first-order valence-corrected chi connectivity index (χ1v) is 6.59. The molecule has 18 heavy (non-hydrogen) atoms. The van der Waals surface area contributed by atoms with Gasteiger partial charge in [-0.2, -0.15) is 0 Å². The molecule has 2 rings (SSSR count). The topological polar surface area (TPSA) is 47.3 Å². The fourth-order valence-electron chi connectivity index (χ4n) is 2.52. The molecule has 1 unspecified atom stereocenters. The van der Waals surface area contributed by atoms with Gasteiger partial charge in [0.05, 0.1) is 12.7 Å². The van der Waals surface area contributed by atoms with Crippen LogP contribution in [0.3, 0.4) is 0 Å². The van der Waals surface area contributed by atoms with Gasteiger partial charge in [0.15, 0.2) is 0 Å². The smallest absolute Gasteiger partial charge is 0.123 e. The summed E-state index contributed by atoms with van der Waals surface area (Å²) in [6, 6.07) is 6.69. The fraction of sp³-hybridized carbons (Fsp3) is 0.571. The van der Waals surface area contributed by atoms with Gasteiger partial charge >= 0.3 is 0 Å². The van der Waals surface area contributed by atoms with E-state index < -0.39 is 0 Å². The number of rotatable bonds is 5. The van der Waals surface area contributed by atoms with Crippen LogP contribution in [0, 0.1) is 11.7 Å². The first-order chi connectivity index (χ1) is 8.81. The SMILES string of the molecule is NCCO[C@@H](c1cccc(F)c1)C1CCCNC1. The predicted molar refractivity (Wildman–Crippen MR) is 69.7 cm³/mol. The highest BCUT2D eigenvalue weighted by Crippen LogP contribution is 2.30. The molecule has 1 saturated heterocycles. The van der Waals surface area contributed by atoms with Gasteiger partial charge in [-0.25, -0.2) is 4.39 Å². The third kappa shape index (κ3) is 3.51. The molecule has 3 nitrogen and oxygen atoms in total. The number of nitrogens with one attached hydrogen (secondary N) is 1. The van der Waals surface area contributed by atoms with E-state index in [2.05, 4.69) is 5.32 Å². The van der Waals surface area contributed by atoms with Crippen LogP contribution in [0.4, 0.5) is 4.39 Å². The van der Waals surface area contributed by atoms with Crippen molar-refractivity contribution in [3.63, 3.8) is 0 Å². The van der Waals surface area contributed by atoms with Gasteiger partial charge in [0.25, 0.3) is 0 Å². The van der Waals surface area contributed by atoms with Gasteiger partial charge in [-0.3, -0.25) is 0 Å². The summed E-state index contributed by atoms with van der Waals surface area (Å²) in [4.78, 5) is 0. The lowest BCUT2D eigenvalue weighted by atomic mass is 9.89. The molecule has 3 N–H and O–H groups in total. The van der Waals surface area contributed by atoms with E-state index in [-0.39, 0.29) is 11.9 Å². The van der Waals surface area contributed by atoms with Gasteiger partial charge in [-0.05, 0) is 37.1 Å². The highest BCUT2D eigenvalue weighted by atomic mass is 19.1. The Morgan fingerprint density at radius 3 is 3.06 bits per heavy atom. The van der Waals surface area contributed by atoms with Crippen molar-refractivity contribution in [2.24, 2.45) is 11.7 Å². The van der Waals surface area contributed by atoms with Crippen molar-refractivity contribution >= 4 is 0 Å². The largest absolute Gasteiger partial charge is 0.372 e. The van der Waals surface area contributed by atoms with Crippen LogP contribution in [0.25, 0.3) is 0 Å². The molecule has 0 amide bonds. The van der Waals surface area contributed by atoms with Crippen molar-refractivity contribution in [1.29, 1.82) is 0 Å².